The maximum absolute atomic E-state index is 6.35. The fourth-order valence-electron chi connectivity index (χ4n) is 3.24. The van der Waals surface area contributed by atoms with Crippen molar-refractivity contribution in [3.8, 4) is 0 Å². The molecule has 0 aliphatic carbocycles. The molecule has 0 saturated carbocycles. The molecule has 2 unspecified atom stereocenters. The molecule has 0 bridgehead atoms. The van der Waals surface area contributed by atoms with Crippen molar-refractivity contribution in [1.29, 1.82) is 0 Å². The van der Waals surface area contributed by atoms with E-state index in [4.69, 9.17) is 9.47 Å². The van der Waals surface area contributed by atoms with Gasteiger partial charge in [0.1, 0.15) is 5.60 Å². The Hall–Kier alpha value is -0.120. The van der Waals surface area contributed by atoms with Crippen LogP contribution in [-0.2, 0) is 9.47 Å². The van der Waals surface area contributed by atoms with Crippen molar-refractivity contribution in [3.63, 3.8) is 0 Å². The average molecular weight is 227 g/mol. The Morgan fingerprint density at radius 3 is 2.44 bits per heavy atom. The zero-order chi connectivity index (χ0) is 12.0. The number of morpholine rings is 1. The first-order valence-electron chi connectivity index (χ1n) is 6.39. The van der Waals surface area contributed by atoms with Gasteiger partial charge in [-0.2, -0.15) is 0 Å². The molecule has 3 nitrogen and oxygen atoms in total. The van der Waals surface area contributed by atoms with Crippen LogP contribution in [0, 0.1) is 0 Å². The van der Waals surface area contributed by atoms with Gasteiger partial charge >= 0.3 is 0 Å². The minimum Gasteiger partial charge on any atom is -0.367 e. The summed E-state index contributed by atoms with van der Waals surface area (Å²) < 4.78 is 12.5. The highest BCUT2D eigenvalue weighted by Crippen LogP contribution is 2.48. The molecule has 0 amide bonds. The molecule has 1 spiro atoms. The third-order valence-electron chi connectivity index (χ3n) is 3.97. The van der Waals surface area contributed by atoms with Crippen molar-refractivity contribution in [2.75, 3.05) is 13.1 Å². The van der Waals surface area contributed by atoms with Gasteiger partial charge in [-0.3, -0.25) is 0 Å². The summed E-state index contributed by atoms with van der Waals surface area (Å²) in [4.78, 5) is 0. The third kappa shape index (κ3) is 1.89. The lowest BCUT2D eigenvalue weighted by Crippen LogP contribution is -2.61. The molecule has 0 radical (unpaired) electrons. The molecular formula is C13H25NO2. The van der Waals surface area contributed by atoms with Crippen molar-refractivity contribution in [1.82, 2.24) is 5.32 Å². The molecule has 1 N–H and O–H groups in total. The summed E-state index contributed by atoms with van der Waals surface area (Å²) in [5.74, 6) is 0. The number of ether oxygens (including phenoxy) is 2. The van der Waals surface area contributed by atoms with Crippen LogP contribution in [0.25, 0.3) is 0 Å². The molecule has 2 aliphatic heterocycles. The summed E-state index contributed by atoms with van der Waals surface area (Å²) >= 11 is 0. The maximum atomic E-state index is 6.35. The number of rotatable bonds is 1. The fourth-order valence-corrected chi connectivity index (χ4v) is 3.24. The van der Waals surface area contributed by atoms with Crippen LogP contribution in [0.15, 0.2) is 0 Å². The van der Waals surface area contributed by atoms with Crippen LogP contribution in [0.5, 0.6) is 0 Å². The van der Waals surface area contributed by atoms with Gasteiger partial charge in [0.05, 0.1) is 17.3 Å². The van der Waals surface area contributed by atoms with Crippen LogP contribution in [0.3, 0.4) is 0 Å². The highest BCUT2D eigenvalue weighted by atomic mass is 16.6. The predicted molar refractivity (Wildman–Crippen MR) is 64.6 cm³/mol. The van der Waals surface area contributed by atoms with Crippen molar-refractivity contribution >= 4 is 0 Å². The molecule has 2 rings (SSSR count). The fraction of sp³-hybridized carbons (Fsp3) is 1.00. The van der Waals surface area contributed by atoms with Gasteiger partial charge in [-0.05, 0) is 34.1 Å². The Kier molecular flexibility index (Phi) is 2.84. The van der Waals surface area contributed by atoms with E-state index in [1.807, 2.05) is 0 Å². The van der Waals surface area contributed by atoms with E-state index in [0.717, 1.165) is 25.9 Å². The lowest BCUT2D eigenvalue weighted by atomic mass is 9.81. The van der Waals surface area contributed by atoms with Crippen LogP contribution < -0.4 is 5.32 Å². The predicted octanol–water partition coefficient (Wildman–Crippen LogP) is 2.10. The second kappa shape index (κ2) is 3.69. The highest BCUT2D eigenvalue weighted by molar-refractivity contribution is 5.10. The molecular weight excluding hydrogens is 202 g/mol. The first kappa shape index (κ1) is 12.3. The maximum Gasteiger partial charge on any atom is 0.112 e. The molecule has 2 atom stereocenters. The van der Waals surface area contributed by atoms with E-state index in [9.17, 15) is 0 Å². The summed E-state index contributed by atoms with van der Waals surface area (Å²) in [5.41, 5.74) is -0.451. The second-order valence-electron chi connectivity index (χ2n) is 6.32. The van der Waals surface area contributed by atoms with Gasteiger partial charge in [0, 0.05) is 19.5 Å². The monoisotopic (exact) mass is 227 g/mol. The summed E-state index contributed by atoms with van der Waals surface area (Å²) in [6, 6.07) is 0. The lowest BCUT2D eigenvalue weighted by Gasteiger charge is -2.45. The SMILES string of the molecule is CCC1CNCC2(CC(C)(C)OC2(C)C)O1. The molecule has 0 aromatic rings. The van der Waals surface area contributed by atoms with Gasteiger partial charge in [0.2, 0.25) is 0 Å². The topological polar surface area (TPSA) is 30.5 Å². The van der Waals surface area contributed by atoms with Crippen LogP contribution >= 0.6 is 0 Å². The summed E-state index contributed by atoms with van der Waals surface area (Å²) in [5, 5.41) is 3.51. The summed E-state index contributed by atoms with van der Waals surface area (Å²) in [7, 11) is 0. The first-order chi connectivity index (χ1) is 7.30. The normalized spacial score (nSPS) is 41.4. The molecule has 2 heterocycles. The van der Waals surface area contributed by atoms with E-state index in [1.165, 1.54) is 0 Å². The van der Waals surface area contributed by atoms with Gasteiger partial charge in [-0.25, -0.2) is 0 Å². The standard InChI is InChI=1S/C13H25NO2/c1-6-10-7-14-9-13(15-10)8-11(2,3)16-12(13,4)5/h10,14H,6-9H2,1-5H3. The summed E-state index contributed by atoms with van der Waals surface area (Å²) in [6.07, 6.45) is 2.35. The zero-order valence-corrected chi connectivity index (χ0v) is 11.2. The third-order valence-corrected chi connectivity index (χ3v) is 3.97. The zero-order valence-electron chi connectivity index (χ0n) is 11.2. The smallest absolute Gasteiger partial charge is 0.112 e. The van der Waals surface area contributed by atoms with Gasteiger partial charge in [0.25, 0.3) is 0 Å². The van der Waals surface area contributed by atoms with Gasteiger partial charge in [-0.1, -0.05) is 6.92 Å². The Labute approximate surface area is 98.9 Å². The first-order valence-corrected chi connectivity index (χ1v) is 6.39. The molecule has 2 saturated heterocycles. The highest BCUT2D eigenvalue weighted by Gasteiger charge is 2.59. The molecule has 16 heavy (non-hydrogen) atoms. The molecule has 0 aromatic heterocycles. The van der Waals surface area contributed by atoms with Crippen LogP contribution in [-0.4, -0.2) is 36.0 Å². The van der Waals surface area contributed by atoms with E-state index < -0.39 is 0 Å². The Morgan fingerprint density at radius 2 is 1.94 bits per heavy atom. The van der Waals surface area contributed by atoms with Crippen molar-refractivity contribution in [2.45, 2.75) is 70.4 Å². The molecule has 3 heteroatoms. The van der Waals surface area contributed by atoms with E-state index in [-0.39, 0.29) is 16.8 Å². The van der Waals surface area contributed by atoms with E-state index in [2.05, 4.69) is 39.9 Å². The molecule has 2 aliphatic rings. The van der Waals surface area contributed by atoms with Crippen molar-refractivity contribution in [3.05, 3.63) is 0 Å². The molecule has 0 aromatic carbocycles. The average Bonchev–Trinajstić information content (AvgIpc) is 2.31. The quantitative estimate of drug-likeness (QED) is 0.744. The van der Waals surface area contributed by atoms with E-state index in [0.29, 0.717) is 6.10 Å². The van der Waals surface area contributed by atoms with E-state index >= 15 is 0 Å². The second-order valence-corrected chi connectivity index (χ2v) is 6.32. The Morgan fingerprint density at radius 1 is 1.25 bits per heavy atom. The lowest BCUT2D eigenvalue weighted by molar-refractivity contribution is -0.186. The number of hydrogen-bond acceptors (Lipinski definition) is 3. The van der Waals surface area contributed by atoms with E-state index in [1.54, 1.807) is 0 Å². The van der Waals surface area contributed by atoms with Crippen molar-refractivity contribution in [2.24, 2.45) is 0 Å². The Balaban J connectivity index is 2.23. The number of hydrogen-bond donors (Lipinski definition) is 1. The minimum atomic E-state index is -0.211. The van der Waals surface area contributed by atoms with Gasteiger partial charge in [-0.15, -0.1) is 0 Å². The van der Waals surface area contributed by atoms with Crippen molar-refractivity contribution < 1.29 is 9.47 Å². The number of nitrogens with one attached hydrogen (secondary N) is 1. The van der Waals surface area contributed by atoms with Crippen LogP contribution in [0.4, 0.5) is 0 Å². The van der Waals surface area contributed by atoms with Gasteiger partial charge < -0.3 is 14.8 Å². The molecule has 94 valence electrons. The Bertz CT molecular complexity index is 275. The minimum absolute atomic E-state index is 0.0825. The van der Waals surface area contributed by atoms with Crippen LogP contribution in [0.2, 0.25) is 0 Å². The molecule has 2 fully saturated rings. The van der Waals surface area contributed by atoms with Crippen LogP contribution in [0.1, 0.15) is 47.5 Å². The van der Waals surface area contributed by atoms with Gasteiger partial charge in [0.15, 0.2) is 0 Å². The largest absolute Gasteiger partial charge is 0.367 e. The summed E-state index contributed by atoms with van der Waals surface area (Å²) in [6.45, 7) is 12.7.